The summed E-state index contributed by atoms with van der Waals surface area (Å²) >= 11 is 1.28. The first-order chi connectivity index (χ1) is 13.0. The fourth-order valence-electron chi connectivity index (χ4n) is 2.38. The molecule has 2 heterocycles. The van der Waals surface area contributed by atoms with Gasteiger partial charge in [-0.1, -0.05) is 0 Å². The van der Waals surface area contributed by atoms with Crippen LogP contribution in [0.4, 0.5) is 5.13 Å². The SMILES string of the molecule is COC(=O)c1cc(-c2csc(NC(=O)c3ccc(OC)c(OC)c3)n2)c[nH]1. The zero-order chi connectivity index (χ0) is 19.4. The Balaban J connectivity index is 1.75. The van der Waals surface area contributed by atoms with E-state index in [2.05, 4.69) is 20.0 Å². The molecule has 0 aliphatic rings. The van der Waals surface area contributed by atoms with Gasteiger partial charge in [0.25, 0.3) is 5.91 Å². The molecule has 3 aromatic rings. The molecule has 0 saturated carbocycles. The molecule has 0 radical (unpaired) electrons. The molecule has 1 amide bonds. The van der Waals surface area contributed by atoms with Crippen LogP contribution in [0.25, 0.3) is 11.3 Å². The van der Waals surface area contributed by atoms with Crippen LogP contribution in [0, 0.1) is 0 Å². The van der Waals surface area contributed by atoms with Gasteiger partial charge in [0.15, 0.2) is 16.6 Å². The lowest BCUT2D eigenvalue weighted by molar-refractivity contribution is 0.0594. The van der Waals surface area contributed by atoms with Gasteiger partial charge in [-0.3, -0.25) is 10.1 Å². The van der Waals surface area contributed by atoms with Crippen molar-refractivity contribution in [1.82, 2.24) is 9.97 Å². The van der Waals surface area contributed by atoms with Crippen LogP contribution >= 0.6 is 11.3 Å². The molecule has 0 fully saturated rings. The summed E-state index contributed by atoms with van der Waals surface area (Å²) in [6, 6.07) is 6.54. The lowest BCUT2D eigenvalue weighted by Crippen LogP contribution is -2.11. The van der Waals surface area contributed by atoms with Gasteiger partial charge >= 0.3 is 5.97 Å². The van der Waals surface area contributed by atoms with Crippen LogP contribution < -0.4 is 14.8 Å². The van der Waals surface area contributed by atoms with Crippen molar-refractivity contribution in [2.75, 3.05) is 26.6 Å². The number of benzene rings is 1. The Morgan fingerprint density at radius 1 is 1.11 bits per heavy atom. The standard InChI is InChI=1S/C18H17N3O5S/c1-24-14-5-4-10(7-15(14)25-2)16(22)21-18-20-13(9-27-18)11-6-12(19-8-11)17(23)26-3/h4-9,19H,1-3H3,(H,20,21,22). The summed E-state index contributed by atoms with van der Waals surface area (Å²) in [5.41, 5.74) is 2.10. The molecule has 0 saturated heterocycles. The molecule has 2 N–H and O–H groups in total. The first-order valence-electron chi connectivity index (χ1n) is 7.81. The number of hydrogen-bond donors (Lipinski definition) is 2. The smallest absolute Gasteiger partial charge is 0.354 e. The Morgan fingerprint density at radius 3 is 2.59 bits per heavy atom. The van der Waals surface area contributed by atoms with Crippen LogP contribution in [-0.4, -0.2) is 43.2 Å². The maximum absolute atomic E-state index is 12.5. The second kappa shape index (κ2) is 7.92. The molecule has 3 rings (SSSR count). The van der Waals surface area contributed by atoms with Crippen molar-refractivity contribution in [2.24, 2.45) is 0 Å². The zero-order valence-electron chi connectivity index (χ0n) is 14.9. The molecule has 0 bridgehead atoms. The van der Waals surface area contributed by atoms with Gasteiger partial charge in [-0.2, -0.15) is 0 Å². The molecule has 0 unspecified atom stereocenters. The highest BCUT2D eigenvalue weighted by molar-refractivity contribution is 7.14. The van der Waals surface area contributed by atoms with Crippen molar-refractivity contribution < 1.29 is 23.8 Å². The molecule has 0 atom stereocenters. The van der Waals surface area contributed by atoms with E-state index in [1.54, 1.807) is 35.8 Å². The quantitative estimate of drug-likeness (QED) is 0.630. The number of carbonyl (C=O) groups is 2. The first kappa shape index (κ1) is 18.5. The van der Waals surface area contributed by atoms with E-state index in [0.717, 1.165) is 5.56 Å². The van der Waals surface area contributed by atoms with Gasteiger partial charge in [0.05, 0.1) is 27.0 Å². The third-order valence-corrected chi connectivity index (χ3v) is 4.51. The van der Waals surface area contributed by atoms with Crippen LogP contribution in [0.5, 0.6) is 11.5 Å². The van der Waals surface area contributed by atoms with Gasteiger partial charge in [0.2, 0.25) is 0 Å². The van der Waals surface area contributed by atoms with E-state index >= 15 is 0 Å². The van der Waals surface area contributed by atoms with Crippen molar-refractivity contribution in [3.63, 3.8) is 0 Å². The number of hydrogen-bond acceptors (Lipinski definition) is 7. The molecular formula is C18H17N3O5S. The first-order valence-corrected chi connectivity index (χ1v) is 8.69. The number of esters is 1. The summed E-state index contributed by atoms with van der Waals surface area (Å²) < 4.78 is 15.0. The maximum atomic E-state index is 12.5. The third-order valence-electron chi connectivity index (χ3n) is 3.75. The highest BCUT2D eigenvalue weighted by Crippen LogP contribution is 2.29. The Bertz CT molecular complexity index is 979. The maximum Gasteiger partial charge on any atom is 0.354 e. The number of ether oxygens (including phenoxy) is 3. The van der Waals surface area contributed by atoms with Crippen molar-refractivity contribution in [2.45, 2.75) is 0 Å². The van der Waals surface area contributed by atoms with Crippen molar-refractivity contribution >= 4 is 28.3 Å². The number of nitrogens with one attached hydrogen (secondary N) is 2. The van der Waals surface area contributed by atoms with Gasteiger partial charge in [0.1, 0.15) is 5.69 Å². The van der Waals surface area contributed by atoms with E-state index < -0.39 is 5.97 Å². The molecule has 9 heteroatoms. The highest BCUT2D eigenvalue weighted by atomic mass is 32.1. The highest BCUT2D eigenvalue weighted by Gasteiger charge is 2.15. The largest absolute Gasteiger partial charge is 0.493 e. The van der Waals surface area contributed by atoms with E-state index in [1.807, 2.05) is 0 Å². The number of rotatable bonds is 6. The average molecular weight is 387 g/mol. The summed E-state index contributed by atoms with van der Waals surface area (Å²) in [4.78, 5) is 31.2. The van der Waals surface area contributed by atoms with Crippen LogP contribution in [0.1, 0.15) is 20.8 Å². The van der Waals surface area contributed by atoms with E-state index in [0.29, 0.717) is 33.6 Å². The Hall–Kier alpha value is -3.33. The topological polar surface area (TPSA) is 103 Å². The van der Waals surface area contributed by atoms with Crippen molar-refractivity contribution in [3.8, 4) is 22.8 Å². The predicted octanol–water partition coefficient (Wildman–Crippen LogP) is 3.19. The van der Waals surface area contributed by atoms with Crippen LogP contribution in [-0.2, 0) is 4.74 Å². The van der Waals surface area contributed by atoms with E-state index in [1.165, 1.54) is 32.7 Å². The number of amides is 1. The second-order valence-electron chi connectivity index (χ2n) is 5.36. The van der Waals surface area contributed by atoms with E-state index in [4.69, 9.17) is 9.47 Å². The molecule has 0 aliphatic carbocycles. The van der Waals surface area contributed by atoms with Gasteiger partial charge < -0.3 is 19.2 Å². The molecule has 140 valence electrons. The molecule has 2 aromatic heterocycles. The van der Waals surface area contributed by atoms with Gasteiger partial charge in [0, 0.05) is 22.7 Å². The van der Waals surface area contributed by atoms with Gasteiger partial charge in [-0.05, 0) is 24.3 Å². The van der Waals surface area contributed by atoms with E-state index in [-0.39, 0.29) is 5.91 Å². The van der Waals surface area contributed by atoms with Gasteiger partial charge in [-0.15, -0.1) is 11.3 Å². The minimum Gasteiger partial charge on any atom is -0.493 e. The molecule has 27 heavy (non-hydrogen) atoms. The number of carbonyl (C=O) groups excluding carboxylic acids is 2. The summed E-state index contributed by atoms with van der Waals surface area (Å²) in [7, 11) is 4.35. The number of aromatic nitrogens is 2. The summed E-state index contributed by atoms with van der Waals surface area (Å²) in [6.45, 7) is 0. The Morgan fingerprint density at radius 2 is 1.89 bits per heavy atom. The Kier molecular flexibility index (Phi) is 5.41. The average Bonchev–Trinajstić information content (AvgIpc) is 3.36. The summed E-state index contributed by atoms with van der Waals surface area (Å²) in [6.07, 6.45) is 1.65. The normalized spacial score (nSPS) is 10.3. The molecular weight excluding hydrogens is 370 g/mol. The Labute approximate surface area is 159 Å². The molecule has 8 nitrogen and oxygen atoms in total. The fourth-order valence-corrected chi connectivity index (χ4v) is 3.10. The summed E-state index contributed by atoms with van der Waals surface area (Å²) in [5.74, 6) is 0.228. The minimum atomic E-state index is -0.460. The monoisotopic (exact) mass is 387 g/mol. The van der Waals surface area contributed by atoms with E-state index in [9.17, 15) is 9.59 Å². The number of methoxy groups -OCH3 is 3. The zero-order valence-corrected chi connectivity index (χ0v) is 15.7. The number of aromatic amines is 1. The number of thiazole rings is 1. The summed E-state index contributed by atoms with van der Waals surface area (Å²) in [5, 5.41) is 4.97. The van der Waals surface area contributed by atoms with Crippen LogP contribution in [0.2, 0.25) is 0 Å². The fraction of sp³-hybridized carbons (Fsp3) is 0.167. The molecule has 1 aromatic carbocycles. The number of nitrogens with zero attached hydrogens (tertiary/aromatic N) is 1. The second-order valence-corrected chi connectivity index (χ2v) is 6.21. The molecule has 0 spiro atoms. The lowest BCUT2D eigenvalue weighted by atomic mass is 10.2. The van der Waals surface area contributed by atoms with Crippen LogP contribution in [0.3, 0.4) is 0 Å². The lowest BCUT2D eigenvalue weighted by Gasteiger charge is -2.09. The van der Waals surface area contributed by atoms with Crippen LogP contribution in [0.15, 0.2) is 35.8 Å². The predicted molar refractivity (Wildman–Crippen MR) is 101 cm³/mol. The number of H-pyrrole nitrogens is 1. The third kappa shape index (κ3) is 3.93. The minimum absolute atomic E-state index is 0.318. The van der Waals surface area contributed by atoms with Crippen molar-refractivity contribution in [3.05, 3.63) is 47.1 Å². The number of anilines is 1. The van der Waals surface area contributed by atoms with Gasteiger partial charge in [-0.25, -0.2) is 9.78 Å². The molecule has 0 aliphatic heterocycles. The van der Waals surface area contributed by atoms with Crippen molar-refractivity contribution in [1.29, 1.82) is 0 Å².